The van der Waals surface area contributed by atoms with E-state index in [9.17, 15) is 19.5 Å². The molecule has 2 fully saturated rings. The van der Waals surface area contributed by atoms with Gasteiger partial charge in [-0.1, -0.05) is 98.1 Å². The fourth-order valence-corrected chi connectivity index (χ4v) is 11.0. The normalized spacial score (nSPS) is 25.8. The number of hydrogen-bond donors (Lipinski definition) is 5. The molecule has 5 N–H and O–H groups in total. The number of hydrogen-bond acceptors (Lipinski definition) is 8. The van der Waals surface area contributed by atoms with Crippen LogP contribution in [-0.4, -0.2) is 52.6 Å². The van der Waals surface area contributed by atoms with Crippen molar-refractivity contribution in [3.8, 4) is 0 Å². The predicted octanol–water partition coefficient (Wildman–Crippen LogP) is 10.5. The molecule has 354 valence electrons. The summed E-state index contributed by atoms with van der Waals surface area (Å²) in [5.74, 6) is 0.113. The van der Waals surface area contributed by atoms with Crippen LogP contribution >= 0.6 is 0 Å². The Labute approximate surface area is 388 Å². The molecule has 0 amide bonds. The van der Waals surface area contributed by atoms with Gasteiger partial charge >= 0.3 is 11.9 Å². The van der Waals surface area contributed by atoms with Crippen molar-refractivity contribution < 1.29 is 29.0 Å². The first-order valence-corrected chi connectivity index (χ1v) is 24.5. The molecule has 1 unspecified atom stereocenters. The van der Waals surface area contributed by atoms with Crippen LogP contribution in [-0.2, 0) is 19.1 Å². The summed E-state index contributed by atoms with van der Waals surface area (Å²) < 4.78 is 11.2. The molecule has 2 saturated heterocycles. The van der Waals surface area contributed by atoms with Gasteiger partial charge < -0.3 is 35.2 Å². The van der Waals surface area contributed by atoms with Gasteiger partial charge in [0.05, 0.1) is 24.2 Å². The number of methoxy groups -OCH3 is 1. The third kappa shape index (κ3) is 11.0. The average Bonchev–Trinajstić information content (AvgIpc) is 4.00. The number of aliphatic hydroxyl groups excluding tert-OH is 1. The number of ketones is 1. The molecule has 8 bridgehead atoms. The molecule has 10 nitrogen and oxygen atoms in total. The zero-order valence-electron chi connectivity index (χ0n) is 41.3. The SMILES string of the molecule is C=C[C@H]1/C2=C/c3[nH]c4c(c3C)=C(O)[C@H](C(=O)OC)C=4C3N/C(=C\c4[nH]c(c(C(C)=O)c4C)/C=C(\N2)[C@@H]1C)[C@@H](C)[C@@H]3CCC(=O)OC/C=C(\C)CCC[C@H](C)CCC[C@H](C)CCCC(C)C. The number of aromatic amines is 2. The van der Waals surface area contributed by atoms with E-state index in [2.05, 4.69) is 87.8 Å². The van der Waals surface area contributed by atoms with Crippen LogP contribution in [0.25, 0.3) is 29.6 Å². The van der Waals surface area contributed by atoms with Crippen LogP contribution in [0.2, 0.25) is 0 Å². The summed E-state index contributed by atoms with van der Waals surface area (Å²) in [4.78, 5) is 47.5. The van der Waals surface area contributed by atoms with Crippen LogP contribution in [0.5, 0.6) is 0 Å². The van der Waals surface area contributed by atoms with E-state index >= 15 is 0 Å². The van der Waals surface area contributed by atoms with Gasteiger partial charge in [-0.15, -0.1) is 6.58 Å². The second kappa shape index (κ2) is 21.5. The van der Waals surface area contributed by atoms with Crippen LogP contribution in [0.4, 0.5) is 0 Å². The quantitative estimate of drug-likeness (QED) is 0.0502. The fourth-order valence-electron chi connectivity index (χ4n) is 11.0. The Kier molecular flexibility index (Phi) is 16.4. The lowest BCUT2D eigenvalue weighted by atomic mass is 9.80. The molecule has 65 heavy (non-hydrogen) atoms. The summed E-state index contributed by atoms with van der Waals surface area (Å²) >= 11 is 0. The van der Waals surface area contributed by atoms with Gasteiger partial charge in [0, 0.05) is 63.4 Å². The lowest BCUT2D eigenvalue weighted by Gasteiger charge is -2.26. The molecule has 10 heteroatoms. The van der Waals surface area contributed by atoms with Crippen molar-refractivity contribution in [2.24, 2.45) is 47.3 Å². The number of nitrogens with one attached hydrogen (secondary N) is 4. The summed E-state index contributed by atoms with van der Waals surface area (Å²) in [6.45, 7) is 25.7. The Bertz CT molecular complexity index is 2370. The van der Waals surface area contributed by atoms with E-state index in [0.717, 1.165) is 70.0 Å². The predicted molar refractivity (Wildman–Crippen MR) is 263 cm³/mol. The molecular weight excluding hydrogens is 813 g/mol. The zero-order valence-corrected chi connectivity index (χ0v) is 41.3. The van der Waals surface area contributed by atoms with Crippen LogP contribution in [0.1, 0.15) is 165 Å². The molecule has 4 aliphatic rings. The van der Waals surface area contributed by atoms with Crippen molar-refractivity contribution in [2.45, 2.75) is 146 Å². The lowest BCUT2D eigenvalue weighted by molar-refractivity contribution is -0.143. The molecular formula is C55H78N4O6. The minimum Gasteiger partial charge on any atom is -0.510 e. The molecule has 0 saturated carbocycles. The topological polar surface area (TPSA) is 146 Å². The minimum atomic E-state index is -1.04. The van der Waals surface area contributed by atoms with Gasteiger partial charge in [-0.3, -0.25) is 14.4 Å². The highest BCUT2D eigenvalue weighted by Crippen LogP contribution is 2.43. The van der Waals surface area contributed by atoms with Crippen LogP contribution < -0.4 is 21.2 Å². The number of rotatable bonds is 20. The average molecular weight is 891 g/mol. The van der Waals surface area contributed by atoms with Crippen LogP contribution in [0, 0.1) is 61.2 Å². The monoisotopic (exact) mass is 891 g/mol. The highest BCUT2D eigenvalue weighted by atomic mass is 16.5. The Hall–Kier alpha value is -4.99. The van der Waals surface area contributed by atoms with E-state index < -0.39 is 17.9 Å². The number of H-pyrrole nitrogens is 2. The van der Waals surface area contributed by atoms with Crippen molar-refractivity contribution in [2.75, 3.05) is 13.7 Å². The van der Waals surface area contributed by atoms with Crippen LogP contribution in [0.15, 0.2) is 41.4 Å². The molecule has 6 rings (SSSR count). The minimum absolute atomic E-state index is 0.0365. The van der Waals surface area contributed by atoms with Gasteiger partial charge in [0.25, 0.3) is 0 Å². The standard InChI is InChI=1S/C55H78N4O6/c1-13-39-34(7)41-29-46-48(38(11)60)36(9)43(57-46)27-42-35(8)40(52(58-42)50-51(55(63)64-12)54(62)49-37(10)44(59-53(49)50)28-45(39)56-41)23-24-47(61)65-26-25-33(6)22-16-21-32(5)20-15-19-31(4)18-14-17-30(2)3/h13,25,27-32,34-35,39-40,51-52,56-59,62H,1,14-24,26H2,2-12H3/b33-25+,41-29-,42-27-,45-28-/t31-,32-,34-,35+,39-,40+,51-,52?/m1/s1. The maximum absolute atomic E-state index is 13.7. The molecule has 5 heterocycles. The second-order valence-electron chi connectivity index (χ2n) is 20.4. The fraction of sp³-hybridized carbons (Fsp3) is 0.582. The molecule has 1 aliphatic carbocycles. The van der Waals surface area contributed by atoms with E-state index in [1.165, 1.54) is 57.6 Å². The van der Waals surface area contributed by atoms with Crippen molar-refractivity contribution in [3.63, 3.8) is 0 Å². The first-order chi connectivity index (χ1) is 30.9. The van der Waals surface area contributed by atoms with E-state index in [-0.39, 0.29) is 54.2 Å². The Morgan fingerprint density at radius 1 is 0.815 bits per heavy atom. The molecule has 2 aromatic rings. The maximum atomic E-state index is 13.7. The first-order valence-electron chi connectivity index (χ1n) is 24.5. The Balaban J connectivity index is 1.21. The number of aromatic nitrogens is 2. The Morgan fingerprint density at radius 2 is 1.45 bits per heavy atom. The van der Waals surface area contributed by atoms with E-state index in [0.29, 0.717) is 34.0 Å². The molecule has 3 aliphatic heterocycles. The van der Waals surface area contributed by atoms with Gasteiger partial charge in [-0.05, 0) is 112 Å². The van der Waals surface area contributed by atoms with Crippen molar-refractivity contribution >= 4 is 47.3 Å². The summed E-state index contributed by atoms with van der Waals surface area (Å²) in [6.07, 6.45) is 22.0. The largest absolute Gasteiger partial charge is 0.510 e. The van der Waals surface area contributed by atoms with Crippen molar-refractivity contribution in [3.05, 3.63) is 85.7 Å². The lowest BCUT2D eigenvalue weighted by Crippen LogP contribution is -2.38. The van der Waals surface area contributed by atoms with Crippen molar-refractivity contribution in [1.82, 2.24) is 20.6 Å². The van der Waals surface area contributed by atoms with Gasteiger partial charge in [0.15, 0.2) is 5.78 Å². The number of ether oxygens (including phenoxy) is 2. The number of allylic oxidation sites excluding steroid dienone is 4. The van der Waals surface area contributed by atoms with Gasteiger partial charge in [-0.2, -0.15) is 0 Å². The van der Waals surface area contributed by atoms with E-state index in [1.54, 1.807) is 6.92 Å². The van der Waals surface area contributed by atoms with Crippen LogP contribution in [0.3, 0.4) is 0 Å². The highest BCUT2D eigenvalue weighted by molar-refractivity contribution is 6.00. The number of carbonyl (C=O) groups excluding carboxylic acids is 3. The van der Waals surface area contributed by atoms with E-state index in [1.807, 2.05) is 32.1 Å². The number of esters is 2. The molecule has 0 radical (unpaired) electrons. The number of carbonyl (C=O) groups is 3. The van der Waals surface area contributed by atoms with Gasteiger partial charge in [0.2, 0.25) is 0 Å². The molecule has 2 aromatic heterocycles. The summed E-state index contributed by atoms with van der Waals surface area (Å²) in [6, 6.07) is -0.454. The smallest absolute Gasteiger partial charge is 0.320 e. The number of fused-ring (bicyclic) bond motifs is 8. The summed E-state index contributed by atoms with van der Waals surface area (Å²) in [7, 11) is 1.34. The van der Waals surface area contributed by atoms with Crippen molar-refractivity contribution in [1.29, 1.82) is 0 Å². The summed E-state index contributed by atoms with van der Waals surface area (Å²) in [5.41, 5.74) is 9.30. The number of Topliss-reactive ketones (excluding diaryl/α,β-unsaturated/α-hetero) is 1. The number of aliphatic hydroxyl groups is 1. The molecule has 8 atom stereocenters. The zero-order chi connectivity index (χ0) is 47.3. The molecule has 0 aromatic carbocycles. The first kappa shape index (κ1) is 49.4. The Morgan fingerprint density at radius 3 is 2.09 bits per heavy atom. The third-order valence-electron chi connectivity index (χ3n) is 15.1. The third-order valence-corrected chi connectivity index (χ3v) is 15.1. The summed E-state index contributed by atoms with van der Waals surface area (Å²) in [5, 5.41) is 20.6. The molecule has 0 spiro atoms. The second-order valence-corrected chi connectivity index (χ2v) is 20.4. The van der Waals surface area contributed by atoms with E-state index in [4.69, 9.17) is 9.47 Å². The van der Waals surface area contributed by atoms with Gasteiger partial charge in [0.1, 0.15) is 18.3 Å². The highest BCUT2D eigenvalue weighted by Gasteiger charge is 2.47. The van der Waals surface area contributed by atoms with Gasteiger partial charge in [-0.25, -0.2) is 0 Å². The maximum Gasteiger partial charge on any atom is 0.320 e.